The van der Waals surface area contributed by atoms with Crippen LogP contribution in [0.2, 0.25) is 5.02 Å². The SMILES string of the molecule is CC/C=C/[C@H]1C(=O)N(c2ccc3nc[nH]c3c2)[C@H]1c1ccc(-c2cnn(C(F)(P)P)c2)cc1Cl. The van der Waals surface area contributed by atoms with E-state index >= 15 is 0 Å². The number of imidazole rings is 1. The van der Waals surface area contributed by atoms with E-state index in [1.165, 1.54) is 4.68 Å². The summed E-state index contributed by atoms with van der Waals surface area (Å²) in [5, 5.41) is 2.87. The number of hydrogen-bond acceptors (Lipinski definition) is 3. The predicted molar refractivity (Wildman–Crippen MR) is 140 cm³/mol. The second-order valence-electron chi connectivity index (χ2n) is 8.26. The van der Waals surface area contributed by atoms with Crippen molar-refractivity contribution >= 4 is 52.7 Å². The smallest absolute Gasteiger partial charge is 0.236 e. The standard InChI is InChI=1S/C24H23ClFN5OP2/c1-2-3-4-18-22(31(23(18)32)16-6-8-20-21(10-16)28-13-27-20)17-7-5-14(9-19(17)25)15-11-29-30(12-15)24(26,33)34/h3-13,18,22H,2,33-34H2,1H3,(H,27,28)/b4-3+/t18-,22+/m1/s1. The maximum absolute atomic E-state index is 14.2. The number of halogens is 2. The molecule has 0 aliphatic carbocycles. The number of anilines is 1. The average molecular weight is 514 g/mol. The third kappa shape index (κ3) is 4.07. The number of fused-ring (bicyclic) bond motifs is 1. The van der Waals surface area contributed by atoms with Gasteiger partial charge in [0, 0.05) is 22.5 Å². The summed E-state index contributed by atoms with van der Waals surface area (Å²) in [6.45, 7) is 2.04. The van der Waals surface area contributed by atoms with Crippen molar-refractivity contribution < 1.29 is 9.18 Å². The van der Waals surface area contributed by atoms with Crippen molar-refractivity contribution in [3.05, 3.63) is 77.9 Å². The summed E-state index contributed by atoms with van der Waals surface area (Å²) in [5.74, 6) is -0.278. The lowest BCUT2D eigenvalue weighted by atomic mass is 9.81. The fraction of sp³-hybridized carbons (Fsp3) is 0.208. The van der Waals surface area contributed by atoms with Gasteiger partial charge in [-0.2, -0.15) is 5.10 Å². The largest absolute Gasteiger partial charge is 0.345 e. The minimum absolute atomic E-state index is 0.0233. The number of aromatic amines is 1. The van der Waals surface area contributed by atoms with E-state index in [0.29, 0.717) is 5.02 Å². The summed E-state index contributed by atoms with van der Waals surface area (Å²) in [5.41, 5.74) is 4.90. The molecule has 5 rings (SSSR count). The molecular formula is C24H23ClFN5OP2. The van der Waals surface area contributed by atoms with Crippen LogP contribution in [0.4, 0.5) is 10.1 Å². The number of benzene rings is 2. The molecule has 0 saturated carbocycles. The summed E-state index contributed by atoms with van der Waals surface area (Å²) >= 11 is 6.77. The summed E-state index contributed by atoms with van der Waals surface area (Å²) in [6.07, 6.45) is 9.67. The van der Waals surface area contributed by atoms with Gasteiger partial charge in [-0.3, -0.25) is 4.79 Å². The Labute approximate surface area is 206 Å². The van der Waals surface area contributed by atoms with Gasteiger partial charge >= 0.3 is 0 Å². The van der Waals surface area contributed by atoms with Gasteiger partial charge in [0.2, 0.25) is 11.2 Å². The molecule has 4 atom stereocenters. The molecule has 2 aromatic carbocycles. The van der Waals surface area contributed by atoms with Gasteiger partial charge < -0.3 is 9.88 Å². The monoisotopic (exact) mass is 513 g/mol. The lowest BCUT2D eigenvalue weighted by Crippen LogP contribution is -2.54. The summed E-state index contributed by atoms with van der Waals surface area (Å²) in [6, 6.07) is 11.2. The number of nitrogens with one attached hydrogen (secondary N) is 1. The number of hydrogen-bond donors (Lipinski definition) is 1. The number of carbonyl (C=O) groups excluding carboxylic acids is 1. The van der Waals surface area contributed by atoms with E-state index in [9.17, 15) is 9.18 Å². The minimum atomic E-state index is -1.76. The Kier molecular flexibility index (Phi) is 6.05. The normalized spacial score (nSPS) is 18.7. The molecule has 1 fully saturated rings. The third-order valence-corrected chi connectivity index (χ3v) is 6.84. The molecule has 1 aliphatic rings. The van der Waals surface area contributed by atoms with Crippen molar-refractivity contribution in [1.29, 1.82) is 0 Å². The Morgan fingerprint density at radius 3 is 2.76 bits per heavy atom. The van der Waals surface area contributed by atoms with E-state index in [4.69, 9.17) is 11.6 Å². The second-order valence-corrected chi connectivity index (χ2v) is 11.0. The van der Waals surface area contributed by atoms with Crippen molar-refractivity contribution in [3.8, 4) is 11.1 Å². The molecule has 1 aliphatic heterocycles. The lowest BCUT2D eigenvalue weighted by molar-refractivity contribution is -0.128. The van der Waals surface area contributed by atoms with Gasteiger partial charge in [-0.15, -0.1) is 0 Å². The van der Waals surface area contributed by atoms with Gasteiger partial charge in [-0.25, -0.2) is 14.1 Å². The highest BCUT2D eigenvalue weighted by Crippen LogP contribution is 2.47. The van der Waals surface area contributed by atoms with Crippen LogP contribution in [0.1, 0.15) is 24.9 Å². The summed E-state index contributed by atoms with van der Waals surface area (Å²) < 4.78 is 15.4. The van der Waals surface area contributed by atoms with Crippen LogP contribution < -0.4 is 4.90 Å². The highest BCUT2D eigenvalue weighted by molar-refractivity contribution is 7.37. The van der Waals surface area contributed by atoms with Crippen LogP contribution >= 0.6 is 30.1 Å². The molecule has 6 nitrogen and oxygen atoms in total. The van der Waals surface area contributed by atoms with Crippen LogP contribution in [0.25, 0.3) is 22.2 Å². The number of rotatable bonds is 6. The van der Waals surface area contributed by atoms with Gasteiger partial charge in [0.05, 0.1) is 35.5 Å². The first-order chi connectivity index (χ1) is 16.3. The number of carbonyl (C=O) groups is 1. The van der Waals surface area contributed by atoms with Crippen LogP contribution in [0.3, 0.4) is 0 Å². The molecule has 3 heterocycles. The number of H-pyrrole nitrogens is 1. The maximum atomic E-state index is 14.2. The van der Waals surface area contributed by atoms with Gasteiger partial charge in [0.1, 0.15) is 0 Å². The van der Waals surface area contributed by atoms with Crippen molar-refractivity contribution in [2.24, 2.45) is 5.92 Å². The van der Waals surface area contributed by atoms with Crippen molar-refractivity contribution in [2.75, 3.05) is 4.90 Å². The molecule has 0 radical (unpaired) electrons. The molecule has 1 N–H and O–H groups in total. The molecular weight excluding hydrogens is 491 g/mol. The van der Waals surface area contributed by atoms with Crippen LogP contribution in [-0.2, 0) is 10.1 Å². The number of nitrogens with zero attached hydrogens (tertiary/aromatic N) is 4. The van der Waals surface area contributed by atoms with Gasteiger partial charge in [-0.1, -0.05) is 61.3 Å². The van der Waals surface area contributed by atoms with Crippen LogP contribution in [0.5, 0.6) is 0 Å². The first-order valence-corrected chi connectivity index (χ1v) is 12.4. The van der Waals surface area contributed by atoms with E-state index in [0.717, 1.165) is 39.8 Å². The van der Waals surface area contributed by atoms with E-state index < -0.39 is 5.27 Å². The molecule has 2 aromatic heterocycles. The Morgan fingerprint density at radius 1 is 1.24 bits per heavy atom. The second kappa shape index (κ2) is 8.88. The number of β-lactam (4-membered cyclic amide) rings is 1. The van der Waals surface area contributed by atoms with Gasteiger partial charge in [0.15, 0.2) is 0 Å². The van der Waals surface area contributed by atoms with Crippen molar-refractivity contribution in [1.82, 2.24) is 19.7 Å². The summed E-state index contributed by atoms with van der Waals surface area (Å²) in [7, 11) is 4.17. The maximum Gasteiger partial charge on any atom is 0.236 e. The molecule has 1 amide bonds. The molecule has 0 bridgehead atoms. The molecule has 1 saturated heterocycles. The van der Waals surface area contributed by atoms with E-state index in [2.05, 4.69) is 33.5 Å². The topological polar surface area (TPSA) is 66.8 Å². The Balaban J connectivity index is 1.52. The molecule has 10 heteroatoms. The van der Waals surface area contributed by atoms with Gasteiger partial charge in [0.25, 0.3) is 0 Å². The number of allylic oxidation sites excluding steroid dienone is 1. The zero-order valence-corrected chi connectivity index (χ0v) is 21.4. The zero-order valence-electron chi connectivity index (χ0n) is 18.3. The number of alkyl halides is 1. The van der Waals surface area contributed by atoms with Crippen LogP contribution in [0, 0.1) is 5.92 Å². The van der Waals surface area contributed by atoms with E-state index in [-0.39, 0.29) is 17.9 Å². The first kappa shape index (κ1) is 23.2. The van der Waals surface area contributed by atoms with Crippen LogP contribution in [-0.4, -0.2) is 25.7 Å². The summed E-state index contributed by atoms with van der Waals surface area (Å²) in [4.78, 5) is 22.3. The van der Waals surface area contributed by atoms with E-state index in [1.54, 1.807) is 23.6 Å². The first-order valence-electron chi connectivity index (χ1n) is 10.8. The molecule has 0 spiro atoms. The highest BCUT2D eigenvalue weighted by Gasteiger charge is 2.48. The zero-order chi connectivity index (χ0) is 24.0. The third-order valence-electron chi connectivity index (χ3n) is 5.99. The van der Waals surface area contributed by atoms with Gasteiger partial charge in [-0.05, 0) is 41.8 Å². The number of amides is 1. The molecule has 4 aromatic rings. The Bertz CT molecular complexity index is 1410. The quantitative estimate of drug-likeness (QED) is 0.194. The Morgan fingerprint density at radius 2 is 2.06 bits per heavy atom. The van der Waals surface area contributed by atoms with Crippen molar-refractivity contribution in [2.45, 2.75) is 24.7 Å². The molecule has 174 valence electrons. The highest BCUT2D eigenvalue weighted by atomic mass is 35.5. The van der Waals surface area contributed by atoms with Crippen LogP contribution in [0.15, 0.2) is 67.3 Å². The fourth-order valence-electron chi connectivity index (χ4n) is 4.28. The Hall–Kier alpha value is -2.59. The number of aromatic nitrogens is 4. The molecule has 34 heavy (non-hydrogen) atoms. The predicted octanol–water partition coefficient (Wildman–Crippen LogP) is 6.04. The van der Waals surface area contributed by atoms with Crippen molar-refractivity contribution in [3.63, 3.8) is 0 Å². The minimum Gasteiger partial charge on any atom is -0.345 e. The lowest BCUT2D eigenvalue weighted by Gasteiger charge is -2.46. The average Bonchev–Trinajstić information content (AvgIpc) is 3.47. The fourth-order valence-corrected chi connectivity index (χ4v) is 4.86. The molecule has 2 unspecified atom stereocenters. The van der Waals surface area contributed by atoms with E-state index in [1.807, 2.05) is 55.5 Å².